The number of phenolic OH excluding ortho intramolecular Hbond substituents is 1. The lowest BCUT2D eigenvalue weighted by Gasteiger charge is -2.25. The zero-order chi connectivity index (χ0) is 14.8. The molecule has 0 amide bonds. The summed E-state index contributed by atoms with van der Waals surface area (Å²) < 4.78 is 0. The lowest BCUT2D eigenvalue weighted by atomic mass is 10.1. The first kappa shape index (κ1) is 13.8. The van der Waals surface area contributed by atoms with E-state index in [-0.39, 0.29) is 5.75 Å². The van der Waals surface area contributed by atoms with Crippen molar-refractivity contribution in [1.29, 1.82) is 0 Å². The molecule has 2 aromatic rings. The van der Waals surface area contributed by atoms with Crippen LogP contribution in [0.25, 0.3) is 11.3 Å². The van der Waals surface area contributed by atoms with Crippen molar-refractivity contribution < 1.29 is 5.11 Å². The van der Waals surface area contributed by atoms with Gasteiger partial charge in [0.15, 0.2) is 5.82 Å². The van der Waals surface area contributed by atoms with Crippen LogP contribution in [0, 0.1) is 0 Å². The summed E-state index contributed by atoms with van der Waals surface area (Å²) in [5.74, 6) is 1.10. The summed E-state index contributed by atoms with van der Waals surface area (Å²) in [4.78, 5) is 4.51. The second-order valence-electron chi connectivity index (χ2n) is 5.61. The lowest BCUT2D eigenvalue weighted by molar-refractivity contribution is 0.409. The number of rotatable bonds is 3. The standard InChI is InChI=1S/C16H20N4O/c1-19-10-9-12(11-19)20(2)16-8-7-14(17-18-16)13-5-3-4-6-15(13)21/h3-8,12,21H,9-11H2,1-2H3/t12-/m1/s1. The van der Waals surface area contributed by atoms with E-state index in [2.05, 4.69) is 34.1 Å². The van der Waals surface area contributed by atoms with E-state index >= 15 is 0 Å². The molecular formula is C16H20N4O. The minimum atomic E-state index is 0.227. The normalized spacial score (nSPS) is 18.9. The maximum absolute atomic E-state index is 9.86. The van der Waals surface area contributed by atoms with Crippen LogP contribution in [-0.4, -0.2) is 53.4 Å². The molecule has 110 valence electrons. The number of hydrogen-bond acceptors (Lipinski definition) is 5. The van der Waals surface area contributed by atoms with Crippen molar-refractivity contribution in [1.82, 2.24) is 15.1 Å². The second kappa shape index (κ2) is 5.69. The van der Waals surface area contributed by atoms with Crippen molar-refractivity contribution in [3.63, 3.8) is 0 Å². The average Bonchev–Trinajstić information content (AvgIpc) is 2.94. The largest absolute Gasteiger partial charge is 0.507 e. The van der Waals surface area contributed by atoms with Gasteiger partial charge in [0.2, 0.25) is 0 Å². The van der Waals surface area contributed by atoms with E-state index in [0.29, 0.717) is 17.3 Å². The molecule has 2 heterocycles. The van der Waals surface area contributed by atoms with Crippen molar-refractivity contribution >= 4 is 5.82 Å². The molecule has 0 unspecified atom stereocenters. The molecular weight excluding hydrogens is 264 g/mol. The van der Waals surface area contributed by atoms with E-state index in [0.717, 1.165) is 25.3 Å². The molecule has 1 N–H and O–H groups in total. The first-order chi connectivity index (χ1) is 10.1. The lowest BCUT2D eigenvalue weighted by Crippen LogP contribution is -2.34. The van der Waals surface area contributed by atoms with E-state index in [1.807, 2.05) is 24.3 Å². The van der Waals surface area contributed by atoms with Crippen LogP contribution in [0.5, 0.6) is 5.75 Å². The highest BCUT2D eigenvalue weighted by Gasteiger charge is 2.24. The van der Waals surface area contributed by atoms with E-state index < -0.39 is 0 Å². The van der Waals surface area contributed by atoms with E-state index in [9.17, 15) is 5.11 Å². The molecule has 0 spiro atoms. The highest BCUT2D eigenvalue weighted by Crippen LogP contribution is 2.27. The average molecular weight is 284 g/mol. The number of nitrogens with zero attached hydrogens (tertiary/aromatic N) is 4. The van der Waals surface area contributed by atoms with E-state index in [1.165, 1.54) is 0 Å². The summed E-state index contributed by atoms with van der Waals surface area (Å²) >= 11 is 0. The third-order valence-corrected chi connectivity index (χ3v) is 4.11. The van der Waals surface area contributed by atoms with Crippen LogP contribution in [0.1, 0.15) is 6.42 Å². The molecule has 1 aromatic heterocycles. The number of likely N-dealkylation sites (N-methyl/N-ethyl adjacent to an activating group) is 2. The maximum Gasteiger partial charge on any atom is 0.151 e. The van der Waals surface area contributed by atoms with Gasteiger partial charge >= 0.3 is 0 Å². The Morgan fingerprint density at radius 3 is 2.62 bits per heavy atom. The van der Waals surface area contributed by atoms with Gasteiger partial charge in [-0.05, 0) is 44.3 Å². The summed E-state index contributed by atoms with van der Waals surface area (Å²) in [5.41, 5.74) is 1.40. The van der Waals surface area contributed by atoms with Crippen molar-refractivity contribution in [3.8, 4) is 17.0 Å². The molecule has 5 nitrogen and oxygen atoms in total. The monoisotopic (exact) mass is 284 g/mol. The van der Waals surface area contributed by atoms with Crippen LogP contribution in [0.15, 0.2) is 36.4 Å². The third-order valence-electron chi connectivity index (χ3n) is 4.11. The summed E-state index contributed by atoms with van der Waals surface area (Å²) in [7, 11) is 4.20. The number of aromatic hydroxyl groups is 1. The van der Waals surface area contributed by atoms with E-state index in [4.69, 9.17) is 0 Å². The number of aromatic nitrogens is 2. The molecule has 0 saturated carbocycles. The van der Waals surface area contributed by atoms with Crippen LogP contribution in [0.3, 0.4) is 0 Å². The molecule has 3 rings (SSSR count). The minimum absolute atomic E-state index is 0.227. The molecule has 1 aromatic carbocycles. The summed E-state index contributed by atoms with van der Waals surface area (Å²) in [5, 5.41) is 18.4. The highest BCUT2D eigenvalue weighted by atomic mass is 16.3. The predicted molar refractivity (Wildman–Crippen MR) is 83.4 cm³/mol. The Morgan fingerprint density at radius 2 is 2.00 bits per heavy atom. The number of anilines is 1. The highest BCUT2D eigenvalue weighted by molar-refractivity contribution is 5.66. The number of hydrogen-bond donors (Lipinski definition) is 1. The summed E-state index contributed by atoms with van der Waals surface area (Å²) in [6, 6.07) is 11.5. The number of benzene rings is 1. The summed E-state index contributed by atoms with van der Waals surface area (Å²) in [6.45, 7) is 2.18. The number of phenols is 1. The molecule has 5 heteroatoms. The molecule has 21 heavy (non-hydrogen) atoms. The topological polar surface area (TPSA) is 52.5 Å². The third kappa shape index (κ3) is 2.83. The number of para-hydroxylation sites is 1. The predicted octanol–water partition coefficient (Wildman–Crippen LogP) is 1.99. The second-order valence-corrected chi connectivity index (χ2v) is 5.61. The van der Waals surface area contributed by atoms with Crippen molar-refractivity contribution in [2.75, 3.05) is 32.1 Å². The maximum atomic E-state index is 9.86. The Hall–Kier alpha value is -2.14. The minimum Gasteiger partial charge on any atom is -0.507 e. The van der Waals surface area contributed by atoms with Crippen molar-refractivity contribution in [3.05, 3.63) is 36.4 Å². The molecule has 1 atom stereocenters. The zero-order valence-corrected chi connectivity index (χ0v) is 12.4. The Labute approximate surface area is 124 Å². The van der Waals surface area contributed by atoms with Gasteiger partial charge < -0.3 is 14.9 Å². The van der Waals surface area contributed by atoms with Gasteiger partial charge in [-0.15, -0.1) is 10.2 Å². The van der Waals surface area contributed by atoms with E-state index in [1.54, 1.807) is 12.1 Å². The Kier molecular flexibility index (Phi) is 3.75. The molecule has 1 saturated heterocycles. The number of likely N-dealkylation sites (tertiary alicyclic amines) is 1. The first-order valence-electron chi connectivity index (χ1n) is 7.18. The molecule has 0 radical (unpaired) electrons. The molecule has 0 bridgehead atoms. The van der Waals surface area contributed by atoms with Crippen molar-refractivity contribution in [2.45, 2.75) is 12.5 Å². The fourth-order valence-corrected chi connectivity index (χ4v) is 2.76. The van der Waals surface area contributed by atoms with Crippen LogP contribution in [-0.2, 0) is 0 Å². The van der Waals surface area contributed by atoms with Gasteiger partial charge in [0.1, 0.15) is 5.75 Å². The first-order valence-corrected chi connectivity index (χ1v) is 7.18. The van der Waals surface area contributed by atoms with Gasteiger partial charge in [-0.1, -0.05) is 12.1 Å². The van der Waals surface area contributed by atoms with Gasteiger partial charge in [-0.25, -0.2) is 0 Å². The zero-order valence-electron chi connectivity index (χ0n) is 12.4. The Morgan fingerprint density at radius 1 is 1.19 bits per heavy atom. The molecule has 1 aliphatic rings. The van der Waals surface area contributed by atoms with Gasteiger partial charge in [-0.3, -0.25) is 0 Å². The quantitative estimate of drug-likeness (QED) is 0.934. The van der Waals surface area contributed by atoms with Crippen LogP contribution in [0.4, 0.5) is 5.82 Å². The van der Waals surface area contributed by atoms with Crippen molar-refractivity contribution in [2.24, 2.45) is 0 Å². The SMILES string of the molecule is CN1CC[C@@H](N(C)c2ccc(-c3ccccc3O)nn2)C1. The van der Waals surface area contributed by atoms with Gasteiger partial charge in [0.25, 0.3) is 0 Å². The van der Waals surface area contributed by atoms with Crippen LogP contribution in [0.2, 0.25) is 0 Å². The van der Waals surface area contributed by atoms with Gasteiger partial charge in [0.05, 0.1) is 5.69 Å². The fraction of sp³-hybridized carbons (Fsp3) is 0.375. The Balaban J connectivity index is 1.79. The smallest absolute Gasteiger partial charge is 0.151 e. The fourth-order valence-electron chi connectivity index (χ4n) is 2.76. The van der Waals surface area contributed by atoms with Gasteiger partial charge in [-0.2, -0.15) is 0 Å². The van der Waals surface area contributed by atoms with Crippen LogP contribution < -0.4 is 4.90 Å². The molecule has 1 fully saturated rings. The molecule has 0 aliphatic carbocycles. The Bertz CT molecular complexity index is 614. The summed E-state index contributed by atoms with van der Waals surface area (Å²) in [6.07, 6.45) is 1.15. The van der Waals surface area contributed by atoms with Gasteiger partial charge in [0, 0.05) is 25.2 Å². The molecule has 1 aliphatic heterocycles. The van der Waals surface area contributed by atoms with Crippen LogP contribution >= 0.6 is 0 Å².